The molecule has 0 saturated heterocycles. The van der Waals surface area contributed by atoms with Gasteiger partial charge in [-0.15, -0.1) is 11.8 Å². The van der Waals surface area contributed by atoms with E-state index in [4.69, 9.17) is 14.2 Å². The van der Waals surface area contributed by atoms with Gasteiger partial charge in [0.25, 0.3) is 0 Å². The van der Waals surface area contributed by atoms with Gasteiger partial charge in [-0.2, -0.15) is 0 Å². The largest absolute Gasteiger partial charge is 0.496 e. The highest BCUT2D eigenvalue weighted by molar-refractivity contribution is 7.98. The SMILES string of the molecule is COc1ccccc1CSc1ccccc1N(C)C(=O)CCNCCc1ccc(OC)c(OC)c1. The molecule has 3 aromatic rings. The molecule has 0 spiro atoms. The maximum absolute atomic E-state index is 12.9. The Morgan fingerprint density at radius 2 is 1.57 bits per heavy atom. The number of thioether (sulfide) groups is 1. The third-order valence-electron chi connectivity index (χ3n) is 5.73. The van der Waals surface area contributed by atoms with Crippen LogP contribution in [-0.2, 0) is 17.0 Å². The van der Waals surface area contributed by atoms with Crippen molar-refractivity contribution in [2.75, 3.05) is 46.4 Å². The molecule has 186 valence electrons. The van der Waals surface area contributed by atoms with Crippen LogP contribution in [0.2, 0.25) is 0 Å². The van der Waals surface area contributed by atoms with E-state index in [2.05, 4.69) is 17.4 Å². The second kappa shape index (κ2) is 13.7. The Hall–Kier alpha value is -3.16. The number of carbonyl (C=O) groups is 1. The van der Waals surface area contributed by atoms with Crippen LogP contribution in [0.5, 0.6) is 17.2 Å². The molecule has 0 bridgehead atoms. The van der Waals surface area contributed by atoms with Crippen molar-refractivity contribution in [3.8, 4) is 17.2 Å². The molecule has 0 aliphatic heterocycles. The number of ether oxygens (including phenoxy) is 3. The lowest BCUT2D eigenvalue weighted by atomic mass is 10.1. The molecule has 35 heavy (non-hydrogen) atoms. The van der Waals surface area contributed by atoms with Gasteiger partial charge in [0.1, 0.15) is 5.75 Å². The Balaban J connectivity index is 1.49. The zero-order chi connectivity index (χ0) is 25.0. The van der Waals surface area contributed by atoms with Crippen molar-refractivity contribution in [2.24, 2.45) is 0 Å². The van der Waals surface area contributed by atoms with E-state index in [1.807, 2.05) is 61.6 Å². The van der Waals surface area contributed by atoms with E-state index in [1.54, 1.807) is 38.0 Å². The first-order chi connectivity index (χ1) is 17.1. The van der Waals surface area contributed by atoms with Gasteiger partial charge in [0.15, 0.2) is 11.5 Å². The maximum Gasteiger partial charge on any atom is 0.228 e. The fourth-order valence-electron chi connectivity index (χ4n) is 3.73. The first kappa shape index (κ1) is 26.4. The van der Waals surface area contributed by atoms with Gasteiger partial charge in [0.2, 0.25) is 5.91 Å². The first-order valence-corrected chi connectivity index (χ1v) is 12.6. The second-order valence-electron chi connectivity index (χ2n) is 7.96. The van der Waals surface area contributed by atoms with Crippen molar-refractivity contribution in [2.45, 2.75) is 23.5 Å². The topological polar surface area (TPSA) is 60.0 Å². The standard InChI is InChI=1S/C28H34N2O4S/c1-30(23-10-6-8-12-27(23)35-20-22-9-5-7-11-24(22)32-2)28(31)16-18-29-17-15-21-13-14-25(33-3)26(19-21)34-4/h5-14,19,29H,15-18,20H2,1-4H3. The van der Waals surface area contributed by atoms with E-state index in [-0.39, 0.29) is 5.91 Å². The third kappa shape index (κ3) is 7.41. The smallest absolute Gasteiger partial charge is 0.228 e. The number of nitrogens with one attached hydrogen (secondary N) is 1. The molecule has 0 atom stereocenters. The Morgan fingerprint density at radius 1 is 0.857 bits per heavy atom. The van der Waals surface area contributed by atoms with Crippen molar-refractivity contribution in [3.63, 3.8) is 0 Å². The van der Waals surface area contributed by atoms with Gasteiger partial charge >= 0.3 is 0 Å². The highest BCUT2D eigenvalue weighted by Crippen LogP contribution is 2.34. The minimum Gasteiger partial charge on any atom is -0.496 e. The molecule has 7 heteroatoms. The molecule has 0 radical (unpaired) electrons. The molecule has 1 N–H and O–H groups in total. The fraction of sp³-hybridized carbons (Fsp3) is 0.321. The predicted octanol–water partition coefficient (Wildman–Crippen LogP) is 5.19. The molecule has 3 rings (SSSR count). The zero-order valence-electron chi connectivity index (χ0n) is 20.9. The molecule has 1 amide bonds. The van der Waals surface area contributed by atoms with Gasteiger partial charge in [-0.1, -0.05) is 36.4 Å². The van der Waals surface area contributed by atoms with Gasteiger partial charge in [0, 0.05) is 36.2 Å². The van der Waals surface area contributed by atoms with Crippen molar-refractivity contribution < 1.29 is 19.0 Å². The molecular formula is C28H34N2O4S. The summed E-state index contributed by atoms with van der Waals surface area (Å²) in [5.41, 5.74) is 3.20. The minimum atomic E-state index is 0.0777. The number of rotatable bonds is 13. The summed E-state index contributed by atoms with van der Waals surface area (Å²) in [5.74, 6) is 3.17. The number of nitrogens with zero attached hydrogens (tertiary/aromatic N) is 1. The predicted molar refractivity (Wildman–Crippen MR) is 143 cm³/mol. The van der Waals surface area contributed by atoms with Crippen molar-refractivity contribution in [3.05, 3.63) is 77.9 Å². The monoisotopic (exact) mass is 494 g/mol. The van der Waals surface area contributed by atoms with E-state index in [0.717, 1.165) is 57.7 Å². The van der Waals surface area contributed by atoms with Gasteiger partial charge in [-0.25, -0.2) is 0 Å². The molecule has 0 aromatic heterocycles. The summed E-state index contributed by atoms with van der Waals surface area (Å²) in [4.78, 5) is 15.7. The van der Waals surface area contributed by atoms with Crippen molar-refractivity contribution >= 4 is 23.4 Å². The Kier molecular flexibility index (Phi) is 10.3. The quantitative estimate of drug-likeness (QED) is 0.261. The van der Waals surface area contributed by atoms with Crippen molar-refractivity contribution in [1.29, 1.82) is 0 Å². The maximum atomic E-state index is 12.9. The lowest BCUT2D eigenvalue weighted by Crippen LogP contribution is -2.30. The second-order valence-corrected chi connectivity index (χ2v) is 8.98. The molecule has 6 nitrogen and oxygen atoms in total. The Bertz CT molecular complexity index is 1110. The van der Waals surface area contributed by atoms with Crippen LogP contribution in [0.25, 0.3) is 0 Å². The van der Waals surface area contributed by atoms with Crippen LogP contribution in [0, 0.1) is 0 Å². The number of para-hydroxylation sites is 2. The number of hydrogen-bond acceptors (Lipinski definition) is 6. The van der Waals surface area contributed by atoms with Crippen LogP contribution in [-0.4, -0.2) is 47.4 Å². The van der Waals surface area contributed by atoms with Crippen LogP contribution in [0.4, 0.5) is 5.69 Å². The van der Waals surface area contributed by atoms with Gasteiger partial charge in [0.05, 0.1) is 27.0 Å². The summed E-state index contributed by atoms with van der Waals surface area (Å²) >= 11 is 1.70. The summed E-state index contributed by atoms with van der Waals surface area (Å²) in [6, 6.07) is 22.0. The molecule has 0 fully saturated rings. The van der Waals surface area contributed by atoms with Gasteiger partial charge in [-0.3, -0.25) is 4.79 Å². The van der Waals surface area contributed by atoms with Crippen LogP contribution in [0.3, 0.4) is 0 Å². The minimum absolute atomic E-state index is 0.0777. The summed E-state index contributed by atoms with van der Waals surface area (Å²) < 4.78 is 16.1. The summed E-state index contributed by atoms with van der Waals surface area (Å²) in [6.07, 6.45) is 1.26. The van der Waals surface area contributed by atoms with E-state index >= 15 is 0 Å². The van der Waals surface area contributed by atoms with Gasteiger partial charge < -0.3 is 24.4 Å². The lowest BCUT2D eigenvalue weighted by Gasteiger charge is -2.21. The molecule has 0 unspecified atom stereocenters. The highest BCUT2D eigenvalue weighted by atomic mass is 32.2. The third-order valence-corrected chi connectivity index (χ3v) is 6.84. The highest BCUT2D eigenvalue weighted by Gasteiger charge is 2.15. The molecule has 0 heterocycles. The van der Waals surface area contributed by atoms with Crippen LogP contribution in [0.15, 0.2) is 71.6 Å². The van der Waals surface area contributed by atoms with Crippen LogP contribution in [0.1, 0.15) is 17.5 Å². The van der Waals surface area contributed by atoms with Crippen molar-refractivity contribution in [1.82, 2.24) is 5.32 Å². The molecule has 0 aliphatic carbocycles. The number of amides is 1. The molecule has 0 aliphatic rings. The van der Waals surface area contributed by atoms with E-state index in [9.17, 15) is 4.79 Å². The molecular weight excluding hydrogens is 460 g/mol. The van der Waals surface area contributed by atoms with Crippen LogP contribution < -0.4 is 24.4 Å². The number of carbonyl (C=O) groups excluding carboxylic acids is 1. The Morgan fingerprint density at radius 3 is 2.34 bits per heavy atom. The molecule has 0 saturated carbocycles. The lowest BCUT2D eigenvalue weighted by molar-refractivity contribution is -0.118. The molecule has 3 aromatic carbocycles. The van der Waals surface area contributed by atoms with Crippen LogP contribution >= 0.6 is 11.8 Å². The van der Waals surface area contributed by atoms with E-state index < -0.39 is 0 Å². The van der Waals surface area contributed by atoms with E-state index in [1.165, 1.54) is 0 Å². The number of methoxy groups -OCH3 is 3. The first-order valence-electron chi connectivity index (χ1n) is 11.6. The zero-order valence-corrected chi connectivity index (χ0v) is 21.7. The normalized spacial score (nSPS) is 10.6. The summed E-state index contributed by atoms with van der Waals surface area (Å²) in [5, 5.41) is 3.37. The van der Waals surface area contributed by atoms with Gasteiger partial charge in [-0.05, 0) is 48.9 Å². The number of benzene rings is 3. The van der Waals surface area contributed by atoms with E-state index in [0.29, 0.717) is 13.0 Å². The average Bonchev–Trinajstić information content (AvgIpc) is 2.91. The Labute approximate surface area is 212 Å². The summed E-state index contributed by atoms with van der Waals surface area (Å²) in [6.45, 7) is 1.39. The summed E-state index contributed by atoms with van der Waals surface area (Å²) in [7, 11) is 6.79. The number of anilines is 1. The average molecular weight is 495 g/mol. The number of hydrogen-bond donors (Lipinski definition) is 1. The fourth-order valence-corrected chi connectivity index (χ4v) is 4.80.